The highest BCUT2D eigenvalue weighted by Crippen LogP contribution is 2.26. The summed E-state index contributed by atoms with van der Waals surface area (Å²) in [5.74, 6) is -11.5. The summed E-state index contributed by atoms with van der Waals surface area (Å²) in [6.45, 7) is -0.500. The van der Waals surface area contributed by atoms with E-state index in [1.165, 1.54) is 0 Å². The van der Waals surface area contributed by atoms with Gasteiger partial charge in [-0.2, -0.15) is 8.78 Å². The first-order valence-corrected chi connectivity index (χ1v) is 13.6. The van der Waals surface area contributed by atoms with Crippen LogP contribution in [0, 0.1) is 23.3 Å². The Hall–Kier alpha value is -4.78. The van der Waals surface area contributed by atoms with Crippen molar-refractivity contribution in [2.24, 2.45) is 0 Å². The predicted octanol–water partition coefficient (Wildman–Crippen LogP) is 3.15. The van der Waals surface area contributed by atoms with Crippen LogP contribution in [-0.2, 0) is 37.1 Å². The third kappa shape index (κ3) is 8.86. The maximum absolute atomic E-state index is 14.0. The highest BCUT2D eigenvalue weighted by Gasteiger charge is 2.30. The number of hydrogen-bond donors (Lipinski definition) is 1. The third-order valence-electron chi connectivity index (χ3n) is 6.75. The molecule has 13 heteroatoms. The monoisotopic (exact) mass is 615 g/mol. The summed E-state index contributed by atoms with van der Waals surface area (Å²) >= 11 is 0. The topological polar surface area (TPSA) is 105 Å². The van der Waals surface area contributed by atoms with Gasteiger partial charge in [-0.05, 0) is 11.1 Å². The molecule has 44 heavy (non-hydrogen) atoms. The number of ether oxygens (including phenoxy) is 2. The molecule has 9 nitrogen and oxygen atoms in total. The molecular weight excluding hydrogens is 586 g/mol. The molecule has 1 N–H and O–H groups in total. The molecule has 1 fully saturated rings. The fourth-order valence-electron chi connectivity index (χ4n) is 4.44. The van der Waals surface area contributed by atoms with Crippen molar-refractivity contribution in [1.29, 1.82) is 0 Å². The number of nitrogens with one attached hydrogen (secondary N) is 1. The molecule has 0 aromatic heterocycles. The summed E-state index contributed by atoms with van der Waals surface area (Å²) in [5, 5.41) is 2.38. The number of carbonyl (C=O) groups is 4. The lowest BCUT2D eigenvalue weighted by Gasteiger charge is -2.34. The standard InChI is InChI=1S/C31H29F4N3O6/c32-22-13-23(33)30(35)31(29(22)34)44-19-25(39)24(14-28(42)43-18-21-9-5-2-6-10-21)36-26(40)16-37-11-12-38(27(41)17-37)15-20-7-3-1-4-8-20/h1-10,13,24H,11-12,14-19H2,(H,36,40)/t24-/m0/s1. The van der Waals surface area contributed by atoms with E-state index in [0.29, 0.717) is 25.2 Å². The number of benzene rings is 3. The largest absolute Gasteiger partial charge is 0.479 e. The van der Waals surface area contributed by atoms with Crippen LogP contribution in [0.4, 0.5) is 17.6 Å². The summed E-state index contributed by atoms with van der Waals surface area (Å²) < 4.78 is 65.1. The van der Waals surface area contributed by atoms with Gasteiger partial charge in [0, 0.05) is 25.7 Å². The van der Waals surface area contributed by atoms with Crippen molar-refractivity contribution in [3.05, 3.63) is 101 Å². The van der Waals surface area contributed by atoms with Crippen molar-refractivity contribution in [2.75, 3.05) is 32.8 Å². The van der Waals surface area contributed by atoms with E-state index in [4.69, 9.17) is 9.47 Å². The van der Waals surface area contributed by atoms with Crippen LogP contribution >= 0.6 is 0 Å². The number of Topliss-reactive ketones (excluding diaryl/α,β-unsaturated/α-hetero) is 1. The van der Waals surface area contributed by atoms with Gasteiger partial charge in [0.2, 0.25) is 23.4 Å². The first kappa shape index (κ1) is 32.1. The van der Waals surface area contributed by atoms with Crippen LogP contribution in [-0.4, -0.2) is 72.2 Å². The molecule has 0 bridgehead atoms. The number of amides is 2. The average Bonchev–Trinajstić information content (AvgIpc) is 3.01. The van der Waals surface area contributed by atoms with Crippen LogP contribution in [0.5, 0.6) is 5.75 Å². The number of piperazine rings is 1. The SMILES string of the molecule is O=C(CN1CCN(Cc2ccccc2)C(=O)C1)N[C@@H](CC(=O)OCc1ccccc1)C(=O)COc1c(F)c(F)cc(F)c1F. The summed E-state index contributed by atoms with van der Waals surface area (Å²) in [7, 11) is 0. The van der Waals surface area contributed by atoms with Crippen LogP contribution < -0.4 is 10.1 Å². The lowest BCUT2D eigenvalue weighted by Crippen LogP contribution is -2.54. The maximum Gasteiger partial charge on any atom is 0.308 e. The minimum Gasteiger partial charge on any atom is -0.479 e. The molecule has 1 aliphatic heterocycles. The molecule has 232 valence electrons. The van der Waals surface area contributed by atoms with E-state index in [9.17, 15) is 36.7 Å². The Labute approximate surface area is 250 Å². The summed E-state index contributed by atoms with van der Waals surface area (Å²) in [4.78, 5) is 54.3. The Bertz CT molecular complexity index is 1470. The minimum atomic E-state index is -1.85. The molecule has 0 aliphatic carbocycles. The molecule has 1 saturated heterocycles. The maximum atomic E-state index is 14.0. The molecule has 2 amide bonds. The van der Waals surface area contributed by atoms with Crippen molar-refractivity contribution < 1.29 is 46.2 Å². The fraction of sp³-hybridized carbons (Fsp3) is 0.290. The number of carbonyl (C=O) groups excluding carboxylic acids is 4. The van der Waals surface area contributed by atoms with Gasteiger partial charge in [-0.15, -0.1) is 0 Å². The first-order chi connectivity index (χ1) is 21.1. The second-order valence-corrected chi connectivity index (χ2v) is 10.0. The lowest BCUT2D eigenvalue weighted by atomic mass is 10.1. The van der Waals surface area contributed by atoms with Gasteiger partial charge < -0.3 is 19.7 Å². The highest BCUT2D eigenvalue weighted by atomic mass is 19.2. The smallest absolute Gasteiger partial charge is 0.308 e. The van der Waals surface area contributed by atoms with E-state index in [-0.39, 0.29) is 31.7 Å². The van der Waals surface area contributed by atoms with Crippen molar-refractivity contribution in [2.45, 2.75) is 25.6 Å². The van der Waals surface area contributed by atoms with Gasteiger partial charge in [-0.3, -0.25) is 24.1 Å². The van der Waals surface area contributed by atoms with Gasteiger partial charge in [-0.25, -0.2) is 8.78 Å². The number of esters is 1. The second-order valence-electron chi connectivity index (χ2n) is 10.0. The molecular formula is C31H29F4N3O6. The number of halogens is 4. The third-order valence-corrected chi connectivity index (χ3v) is 6.75. The van der Waals surface area contributed by atoms with Crippen LogP contribution in [0.25, 0.3) is 0 Å². The van der Waals surface area contributed by atoms with Crippen LogP contribution in [0.3, 0.4) is 0 Å². The van der Waals surface area contributed by atoms with E-state index in [2.05, 4.69) is 5.32 Å². The van der Waals surface area contributed by atoms with Crippen molar-refractivity contribution in [1.82, 2.24) is 15.1 Å². The molecule has 1 aliphatic rings. The zero-order valence-electron chi connectivity index (χ0n) is 23.4. The van der Waals surface area contributed by atoms with Gasteiger partial charge in [0.25, 0.3) is 0 Å². The number of rotatable bonds is 13. The fourth-order valence-corrected chi connectivity index (χ4v) is 4.44. The van der Waals surface area contributed by atoms with Gasteiger partial charge in [0.15, 0.2) is 23.2 Å². The lowest BCUT2D eigenvalue weighted by molar-refractivity contribution is -0.147. The zero-order chi connectivity index (χ0) is 31.6. The molecule has 3 aromatic carbocycles. The molecule has 0 saturated carbocycles. The molecule has 0 spiro atoms. The number of nitrogens with zero attached hydrogens (tertiary/aromatic N) is 2. The van der Waals surface area contributed by atoms with E-state index < -0.39 is 65.7 Å². The quantitative estimate of drug-likeness (QED) is 0.179. The van der Waals surface area contributed by atoms with E-state index >= 15 is 0 Å². The minimum absolute atomic E-state index is 0.0165. The van der Waals surface area contributed by atoms with Gasteiger partial charge in [0.1, 0.15) is 19.3 Å². The Kier molecular flexibility index (Phi) is 11.0. The van der Waals surface area contributed by atoms with Gasteiger partial charge in [0.05, 0.1) is 19.5 Å². The highest BCUT2D eigenvalue weighted by molar-refractivity contribution is 5.93. The van der Waals surface area contributed by atoms with E-state index in [0.717, 1.165) is 5.56 Å². The van der Waals surface area contributed by atoms with Crippen LogP contribution in [0.2, 0.25) is 0 Å². The van der Waals surface area contributed by atoms with Crippen molar-refractivity contribution >= 4 is 23.6 Å². The molecule has 1 heterocycles. The normalized spacial score (nSPS) is 14.2. The van der Waals surface area contributed by atoms with E-state index in [1.54, 1.807) is 40.1 Å². The Balaban J connectivity index is 1.37. The number of ketones is 1. The molecule has 0 unspecified atom stereocenters. The predicted molar refractivity (Wildman–Crippen MR) is 148 cm³/mol. The van der Waals surface area contributed by atoms with Gasteiger partial charge in [-0.1, -0.05) is 60.7 Å². The van der Waals surface area contributed by atoms with Gasteiger partial charge >= 0.3 is 5.97 Å². The second kappa shape index (κ2) is 15.1. The number of hydrogen-bond acceptors (Lipinski definition) is 7. The summed E-state index contributed by atoms with van der Waals surface area (Å²) in [6.07, 6.45) is -0.674. The summed E-state index contributed by atoms with van der Waals surface area (Å²) in [5.41, 5.74) is 1.61. The van der Waals surface area contributed by atoms with Crippen LogP contribution in [0.15, 0.2) is 66.7 Å². The van der Waals surface area contributed by atoms with E-state index in [1.807, 2.05) is 30.3 Å². The first-order valence-electron chi connectivity index (χ1n) is 13.6. The zero-order valence-corrected chi connectivity index (χ0v) is 23.4. The van der Waals surface area contributed by atoms with Crippen molar-refractivity contribution in [3.63, 3.8) is 0 Å². The van der Waals surface area contributed by atoms with Crippen LogP contribution in [0.1, 0.15) is 17.5 Å². The Morgan fingerprint density at radius 2 is 1.48 bits per heavy atom. The van der Waals surface area contributed by atoms with Crippen molar-refractivity contribution in [3.8, 4) is 5.75 Å². The molecule has 3 aromatic rings. The Morgan fingerprint density at radius 1 is 0.864 bits per heavy atom. The molecule has 4 rings (SSSR count). The Morgan fingerprint density at radius 3 is 2.09 bits per heavy atom. The summed E-state index contributed by atoms with van der Waals surface area (Å²) in [6, 6.07) is 16.4. The molecule has 1 atom stereocenters. The average molecular weight is 616 g/mol. The molecule has 0 radical (unpaired) electrons.